The number of aliphatic hydroxyl groups excluding tert-OH is 1. The van der Waals surface area contributed by atoms with Gasteiger partial charge in [-0.05, 0) is 25.7 Å². The fourth-order valence-electron chi connectivity index (χ4n) is 1.73. The molecule has 100 valence electrons. The van der Waals surface area contributed by atoms with E-state index in [-0.39, 0.29) is 6.10 Å². The summed E-state index contributed by atoms with van der Waals surface area (Å²) >= 11 is 0. The van der Waals surface area contributed by atoms with E-state index >= 15 is 0 Å². The molecule has 6 nitrogen and oxygen atoms in total. The van der Waals surface area contributed by atoms with Crippen LogP contribution in [0.3, 0.4) is 0 Å². The first kappa shape index (κ1) is 13.0. The monoisotopic (exact) mass is 251 g/mol. The van der Waals surface area contributed by atoms with Gasteiger partial charge in [-0.15, -0.1) is 0 Å². The van der Waals surface area contributed by atoms with Gasteiger partial charge in [0, 0.05) is 18.5 Å². The topological polar surface area (TPSA) is 96.1 Å². The molecular weight excluding hydrogens is 230 g/mol. The van der Waals surface area contributed by atoms with Gasteiger partial charge < -0.3 is 15.8 Å². The van der Waals surface area contributed by atoms with Crippen molar-refractivity contribution >= 4 is 11.6 Å². The van der Waals surface area contributed by atoms with E-state index in [9.17, 15) is 5.11 Å². The average Bonchev–Trinajstić information content (AvgIpc) is 3.22. The first-order valence-corrected chi connectivity index (χ1v) is 6.50. The Morgan fingerprint density at radius 1 is 1.44 bits per heavy atom. The van der Waals surface area contributed by atoms with E-state index < -0.39 is 0 Å². The molecule has 0 aliphatic heterocycles. The van der Waals surface area contributed by atoms with Crippen LogP contribution in [0.5, 0.6) is 0 Å². The molecule has 6 heteroatoms. The molecule has 1 aliphatic rings. The van der Waals surface area contributed by atoms with Crippen LogP contribution < -0.4 is 16.6 Å². The van der Waals surface area contributed by atoms with Gasteiger partial charge in [-0.1, -0.05) is 6.92 Å². The Balaban J connectivity index is 1.96. The summed E-state index contributed by atoms with van der Waals surface area (Å²) in [6.07, 6.45) is 3.54. The molecule has 1 saturated carbocycles. The third-order valence-corrected chi connectivity index (χ3v) is 3.09. The zero-order valence-corrected chi connectivity index (χ0v) is 10.7. The van der Waals surface area contributed by atoms with Crippen LogP contribution >= 0.6 is 0 Å². The van der Waals surface area contributed by atoms with E-state index in [2.05, 4.69) is 20.7 Å². The molecule has 0 saturated heterocycles. The normalized spacial score (nSPS) is 16.4. The lowest BCUT2D eigenvalue weighted by molar-refractivity contribution is 0.164. The number of nitrogen functional groups attached to an aromatic ring is 1. The van der Waals surface area contributed by atoms with Crippen molar-refractivity contribution in [3.05, 3.63) is 11.9 Å². The van der Waals surface area contributed by atoms with Crippen molar-refractivity contribution in [2.45, 2.75) is 44.6 Å². The van der Waals surface area contributed by atoms with Gasteiger partial charge in [0.05, 0.1) is 6.10 Å². The minimum Gasteiger partial charge on any atom is -0.393 e. The van der Waals surface area contributed by atoms with Gasteiger partial charge in [-0.25, -0.2) is 15.8 Å². The van der Waals surface area contributed by atoms with E-state index in [1.54, 1.807) is 6.07 Å². The minimum atomic E-state index is -0.255. The Labute approximate surface area is 107 Å². The molecular formula is C12H21N5O. The molecule has 1 aromatic heterocycles. The molecule has 1 fully saturated rings. The molecule has 0 bridgehead atoms. The summed E-state index contributed by atoms with van der Waals surface area (Å²) in [6, 6.07) is 1.78. The van der Waals surface area contributed by atoms with Gasteiger partial charge >= 0.3 is 0 Å². The van der Waals surface area contributed by atoms with Gasteiger partial charge in [0.25, 0.3) is 0 Å². The SMILES string of the molecule is CCC(O)CCNc1cc(NN)nc(C2CC2)n1. The Morgan fingerprint density at radius 2 is 2.17 bits per heavy atom. The second kappa shape index (κ2) is 5.97. The number of aromatic nitrogens is 2. The first-order chi connectivity index (χ1) is 8.72. The highest BCUT2D eigenvalue weighted by Crippen LogP contribution is 2.38. The standard InChI is InChI=1S/C12H21N5O/c1-2-9(18)5-6-14-10-7-11(17-13)16-12(15-10)8-3-4-8/h7-9,18H,2-6,13H2,1H3,(H2,14,15,16,17). The fraction of sp³-hybridized carbons (Fsp3) is 0.667. The second-order valence-electron chi connectivity index (χ2n) is 4.69. The highest BCUT2D eigenvalue weighted by Gasteiger charge is 2.27. The van der Waals surface area contributed by atoms with E-state index in [1.165, 1.54) is 0 Å². The van der Waals surface area contributed by atoms with Gasteiger partial charge in [0.1, 0.15) is 17.5 Å². The number of anilines is 2. The van der Waals surface area contributed by atoms with Crippen molar-refractivity contribution in [2.24, 2.45) is 5.84 Å². The van der Waals surface area contributed by atoms with Crippen LogP contribution in [0.15, 0.2) is 6.07 Å². The molecule has 1 aliphatic carbocycles. The number of nitrogens with zero attached hydrogens (tertiary/aromatic N) is 2. The van der Waals surface area contributed by atoms with Crippen LogP contribution in [0, 0.1) is 0 Å². The van der Waals surface area contributed by atoms with Crippen LogP contribution in [0.4, 0.5) is 11.6 Å². The van der Waals surface area contributed by atoms with E-state index in [1.807, 2.05) is 6.92 Å². The molecule has 5 N–H and O–H groups in total. The maximum Gasteiger partial charge on any atom is 0.145 e. The maximum absolute atomic E-state index is 9.48. The van der Waals surface area contributed by atoms with Crippen LogP contribution in [-0.4, -0.2) is 27.7 Å². The molecule has 1 atom stereocenters. The quantitative estimate of drug-likeness (QED) is 0.430. The first-order valence-electron chi connectivity index (χ1n) is 6.50. The Hall–Kier alpha value is -1.40. The van der Waals surface area contributed by atoms with Gasteiger partial charge in [-0.2, -0.15) is 0 Å². The Bertz CT molecular complexity index is 394. The molecule has 1 heterocycles. The summed E-state index contributed by atoms with van der Waals surface area (Å²) in [6.45, 7) is 2.66. The summed E-state index contributed by atoms with van der Waals surface area (Å²) in [7, 11) is 0. The number of hydrogen-bond acceptors (Lipinski definition) is 6. The highest BCUT2D eigenvalue weighted by molar-refractivity contribution is 5.47. The minimum absolute atomic E-state index is 0.255. The average molecular weight is 251 g/mol. The van der Waals surface area contributed by atoms with E-state index in [0.29, 0.717) is 24.7 Å². The molecule has 0 aromatic carbocycles. The third-order valence-electron chi connectivity index (χ3n) is 3.09. The molecule has 0 spiro atoms. The number of nitrogens with two attached hydrogens (primary N) is 1. The van der Waals surface area contributed by atoms with Gasteiger partial charge in [0.15, 0.2) is 0 Å². The summed E-state index contributed by atoms with van der Waals surface area (Å²) in [4.78, 5) is 8.80. The van der Waals surface area contributed by atoms with Crippen molar-refractivity contribution in [3.8, 4) is 0 Å². The Morgan fingerprint density at radius 3 is 2.78 bits per heavy atom. The van der Waals surface area contributed by atoms with Crippen molar-refractivity contribution in [3.63, 3.8) is 0 Å². The number of hydrogen-bond donors (Lipinski definition) is 4. The lowest BCUT2D eigenvalue weighted by atomic mass is 10.2. The van der Waals surface area contributed by atoms with Gasteiger partial charge in [-0.3, -0.25) is 0 Å². The molecule has 2 rings (SSSR count). The molecule has 0 radical (unpaired) electrons. The van der Waals surface area contributed by atoms with Crippen molar-refractivity contribution < 1.29 is 5.11 Å². The van der Waals surface area contributed by atoms with Crippen LogP contribution in [0.1, 0.15) is 44.3 Å². The molecule has 18 heavy (non-hydrogen) atoms. The second-order valence-corrected chi connectivity index (χ2v) is 4.69. The summed E-state index contributed by atoms with van der Waals surface area (Å²) in [5, 5.41) is 12.7. The van der Waals surface area contributed by atoms with E-state index in [4.69, 9.17) is 5.84 Å². The number of aliphatic hydroxyl groups is 1. The molecule has 1 aromatic rings. The van der Waals surface area contributed by atoms with Crippen molar-refractivity contribution in [1.29, 1.82) is 0 Å². The Kier molecular flexibility index (Phi) is 4.33. The lowest BCUT2D eigenvalue weighted by Gasteiger charge is -2.11. The molecule has 0 amide bonds. The van der Waals surface area contributed by atoms with Crippen LogP contribution in [0.2, 0.25) is 0 Å². The summed E-state index contributed by atoms with van der Waals surface area (Å²) in [5.41, 5.74) is 2.56. The maximum atomic E-state index is 9.48. The summed E-state index contributed by atoms with van der Waals surface area (Å²) < 4.78 is 0. The third kappa shape index (κ3) is 3.54. The van der Waals surface area contributed by atoms with Gasteiger partial charge in [0.2, 0.25) is 0 Å². The van der Waals surface area contributed by atoms with Crippen molar-refractivity contribution in [1.82, 2.24) is 9.97 Å². The lowest BCUT2D eigenvalue weighted by Crippen LogP contribution is -2.15. The largest absolute Gasteiger partial charge is 0.393 e. The smallest absolute Gasteiger partial charge is 0.145 e. The zero-order valence-electron chi connectivity index (χ0n) is 10.7. The summed E-state index contributed by atoms with van der Waals surface area (Å²) in [5.74, 6) is 8.13. The number of nitrogens with one attached hydrogen (secondary N) is 2. The predicted molar refractivity (Wildman–Crippen MR) is 71.2 cm³/mol. The van der Waals surface area contributed by atoms with Crippen LogP contribution in [0.25, 0.3) is 0 Å². The molecule has 1 unspecified atom stereocenters. The van der Waals surface area contributed by atoms with E-state index in [0.717, 1.165) is 30.9 Å². The fourth-order valence-corrected chi connectivity index (χ4v) is 1.73. The number of hydrazine groups is 1. The highest BCUT2D eigenvalue weighted by atomic mass is 16.3. The van der Waals surface area contributed by atoms with Crippen LogP contribution in [-0.2, 0) is 0 Å². The zero-order chi connectivity index (χ0) is 13.0. The van der Waals surface area contributed by atoms with Crippen molar-refractivity contribution in [2.75, 3.05) is 17.3 Å². The number of rotatable bonds is 7. The predicted octanol–water partition coefficient (Wildman–Crippen LogP) is 1.21.